The third-order valence-corrected chi connectivity index (χ3v) is 7.16. The average Bonchev–Trinajstić information content (AvgIpc) is 3.10. The number of ether oxygens (including phenoxy) is 1. The van der Waals surface area contributed by atoms with Crippen LogP contribution in [0.15, 0.2) is 54.7 Å². The molecule has 2 aliphatic heterocycles. The van der Waals surface area contributed by atoms with Gasteiger partial charge in [0, 0.05) is 46.9 Å². The van der Waals surface area contributed by atoms with Crippen molar-refractivity contribution in [3.63, 3.8) is 0 Å². The van der Waals surface area contributed by atoms with Gasteiger partial charge in [0.05, 0.1) is 36.6 Å². The Bertz CT molecular complexity index is 1210. The fourth-order valence-corrected chi connectivity index (χ4v) is 5.28. The molecule has 33 heavy (non-hydrogen) atoms. The second kappa shape index (κ2) is 9.05. The van der Waals surface area contributed by atoms with Crippen LogP contribution in [0.25, 0.3) is 11.1 Å². The number of morpholine rings is 1. The molecule has 1 atom stereocenters. The minimum atomic E-state index is -1.29. The number of rotatable bonds is 6. The van der Waals surface area contributed by atoms with E-state index in [1.54, 1.807) is 18.3 Å². The van der Waals surface area contributed by atoms with Crippen LogP contribution in [-0.2, 0) is 11.3 Å². The number of carbonyl (C=O) groups excluding carboxylic acids is 1. The second-order valence-electron chi connectivity index (χ2n) is 8.43. The molecular formula is C25H23Cl2N3O3. The van der Waals surface area contributed by atoms with E-state index >= 15 is 0 Å². The van der Waals surface area contributed by atoms with Crippen LogP contribution in [0, 0.1) is 0 Å². The Labute approximate surface area is 202 Å². The van der Waals surface area contributed by atoms with E-state index in [1.807, 2.05) is 30.3 Å². The largest absolute Gasteiger partial charge is 0.543 e. The van der Waals surface area contributed by atoms with E-state index in [4.69, 9.17) is 27.9 Å². The van der Waals surface area contributed by atoms with E-state index < -0.39 is 5.97 Å². The minimum absolute atomic E-state index is 0.0717. The minimum Gasteiger partial charge on any atom is -0.543 e. The van der Waals surface area contributed by atoms with Crippen LogP contribution in [0.5, 0.6) is 0 Å². The van der Waals surface area contributed by atoms with Crippen molar-refractivity contribution in [1.29, 1.82) is 0 Å². The van der Waals surface area contributed by atoms with E-state index in [0.29, 0.717) is 21.1 Å². The summed E-state index contributed by atoms with van der Waals surface area (Å²) in [6.07, 6.45) is 1.68. The summed E-state index contributed by atoms with van der Waals surface area (Å²) in [6, 6.07) is 15.2. The number of aromatic nitrogens is 1. The lowest BCUT2D eigenvalue weighted by Gasteiger charge is -2.37. The molecule has 1 aromatic heterocycles. The molecule has 8 heteroatoms. The average molecular weight is 484 g/mol. The van der Waals surface area contributed by atoms with Crippen LogP contribution < -0.4 is 9.59 Å². The zero-order valence-electron chi connectivity index (χ0n) is 18.0. The number of para-hydroxylation sites is 1. The molecule has 1 saturated heterocycles. The number of fused-ring (bicyclic) bond motifs is 3. The van der Waals surface area contributed by atoms with Gasteiger partial charge in [0.15, 0.2) is 5.69 Å². The molecule has 3 heterocycles. The van der Waals surface area contributed by atoms with Gasteiger partial charge in [-0.05, 0) is 30.3 Å². The topological polar surface area (TPSA) is 65.5 Å². The van der Waals surface area contributed by atoms with Gasteiger partial charge < -0.3 is 14.6 Å². The highest BCUT2D eigenvalue weighted by Crippen LogP contribution is 2.54. The number of nitrogens with zero attached hydrogens (tertiary/aromatic N) is 3. The molecule has 2 aliphatic rings. The summed E-state index contributed by atoms with van der Waals surface area (Å²) in [4.78, 5) is 18.2. The highest BCUT2D eigenvalue weighted by molar-refractivity contribution is 6.33. The molecule has 2 aromatic carbocycles. The molecule has 0 spiro atoms. The molecule has 5 rings (SSSR count). The van der Waals surface area contributed by atoms with E-state index in [9.17, 15) is 9.90 Å². The predicted molar refractivity (Wildman–Crippen MR) is 128 cm³/mol. The van der Waals surface area contributed by atoms with Gasteiger partial charge in [-0.1, -0.05) is 35.3 Å². The summed E-state index contributed by atoms with van der Waals surface area (Å²) in [5.41, 5.74) is 4.76. The third kappa shape index (κ3) is 4.14. The van der Waals surface area contributed by atoms with E-state index in [-0.39, 0.29) is 5.69 Å². The van der Waals surface area contributed by atoms with E-state index in [1.165, 1.54) is 0 Å². The highest BCUT2D eigenvalue weighted by Gasteiger charge is 2.45. The first-order chi connectivity index (χ1) is 16.0. The van der Waals surface area contributed by atoms with Gasteiger partial charge in [0.1, 0.15) is 18.8 Å². The van der Waals surface area contributed by atoms with Crippen LogP contribution in [0.4, 0.5) is 11.4 Å². The third-order valence-electron chi connectivity index (χ3n) is 6.56. The summed E-state index contributed by atoms with van der Waals surface area (Å²) < 4.78 is 5.99. The van der Waals surface area contributed by atoms with Crippen molar-refractivity contribution in [2.45, 2.75) is 6.54 Å². The van der Waals surface area contributed by atoms with Crippen LogP contribution in [0.2, 0.25) is 10.0 Å². The Balaban J connectivity index is 1.66. The molecule has 1 unspecified atom stereocenters. The van der Waals surface area contributed by atoms with Gasteiger partial charge in [-0.3, -0.25) is 9.38 Å². The summed E-state index contributed by atoms with van der Waals surface area (Å²) in [6.45, 7) is 5.40. The molecule has 3 aromatic rings. The van der Waals surface area contributed by atoms with Gasteiger partial charge in [-0.25, -0.2) is 4.98 Å². The Morgan fingerprint density at radius 2 is 1.85 bits per heavy atom. The zero-order valence-corrected chi connectivity index (χ0v) is 19.5. The quantitative estimate of drug-likeness (QED) is 0.497. The smallest absolute Gasteiger partial charge is 0.164 e. The number of carbonyl (C=O) groups is 1. The van der Waals surface area contributed by atoms with Gasteiger partial charge >= 0.3 is 0 Å². The SMILES string of the molecule is O=C([O-])c1cc2c(cn1)[N+](CCN1CCOCC1)(Cc1cc(Cl)ccc1Cl)c1ccccc1-2. The Morgan fingerprint density at radius 3 is 2.64 bits per heavy atom. The summed E-state index contributed by atoms with van der Waals surface area (Å²) in [5, 5.41) is 12.8. The molecular weight excluding hydrogens is 461 g/mol. The van der Waals surface area contributed by atoms with Gasteiger partial charge in [-0.15, -0.1) is 0 Å². The van der Waals surface area contributed by atoms with Crippen LogP contribution in [0.1, 0.15) is 16.1 Å². The molecule has 0 saturated carbocycles. The Kier molecular flexibility index (Phi) is 6.12. The van der Waals surface area contributed by atoms with Gasteiger partial charge in [-0.2, -0.15) is 0 Å². The lowest BCUT2D eigenvalue weighted by Crippen LogP contribution is -2.49. The lowest BCUT2D eigenvalue weighted by atomic mass is 10.1. The summed E-state index contributed by atoms with van der Waals surface area (Å²) in [7, 11) is 0. The first-order valence-electron chi connectivity index (χ1n) is 10.9. The second-order valence-corrected chi connectivity index (χ2v) is 9.27. The van der Waals surface area contributed by atoms with Crippen molar-refractivity contribution >= 4 is 40.5 Å². The van der Waals surface area contributed by atoms with Crippen molar-refractivity contribution in [2.24, 2.45) is 0 Å². The summed E-state index contributed by atoms with van der Waals surface area (Å²) in [5.74, 6) is -1.29. The first-order valence-corrected chi connectivity index (χ1v) is 11.7. The molecule has 6 nitrogen and oxygen atoms in total. The number of carboxylic acid groups (broad SMARTS) is 1. The fourth-order valence-electron chi connectivity index (χ4n) is 4.90. The predicted octanol–water partition coefficient (Wildman–Crippen LogP) is 3.90. The number of aromatic carboxylic acids is 1. The van der Waals surface area contributed by atoms with Crippen molar-refractivity contribution in [1.82, 2.24) is 14.4 Å². The maximum Gasteiger partial charge on any atom is 0.164 e. The summed E-state index contributed by atoms with van der Waals surface area (Å²) >= 11 is 12.9. The standard InChI is InChI=1S/C25H23Cl2N3O3/c26-18-5-6-21(27)17(13-18)16-30(10-7-29-8-11-33-12-9-29)23-4-2-1-3-19(23)20-14-22(25(31)32)28-15-24(20)30/h1-6,13-15H,7-12,16H2. The molecule has 1 fully saturated rings. The monoisotopic (exact) mass is 483 g/mol. The molecule has 0 N–H and O–H groups in total. The van der Waals surface area contributed by atoms with Gasteiger partial charge in [0.25, 0.3) is 0 Å². The van der Waals surface area contributed by atoms with E-state index in [2.05, 4.69) is 16.0 Å². The lowest BCUT2D eigenvalue weighted by molar-refractivity contribution is -0.255. The van der Waals surface area contributed by atoms with Crippen LogP contribution in [0.3, 0.4) is 0 Å². The molecule has 0 bridgehead atoms. The number of pyridine rings is 1. The van der Waals surface area contributed by atoms with Crippen molar-refractivity contribution in [3.05, 3.63) is 76.0 Å². The van der Waals surface area contributed by atoms with Gasteiger partial charge in [0.2, 0.25) is 0 Å². The number of halogens is 2. The first kappa shape index (κ1) is 22.3. The number of hydrogen-bond acceptors (Lipinski definition) is 5. The number of benzene rings is 2. The maximum absolute atomic E-state index is 11.6. The molecule has 0 aliphatic carbocycles. The van der Waals surface area contributed by atoms with Crippen LogP contribution in [-0.4, -0.2) is 55.2 Å². The zero-order chi connectivity index (χ0) is 23.0. The van der Waals surface area contributed by atoms with Crippen LogP contribution >= 0.6 is 23.2 Å². The molecule has 170 valence electrons. The van der Waals surface area contributed by atoms with Crippen molar-refractivity contribution in [3.8, 4) is 11.1 Å². The van der Waals surface area contributed by atoms with Crippen molar-refractivity contribution < 1.29 is 14.6 Å². The Morgan fingerprint density at radius 1 is 1.06 bits per heavy atom. The number of hydrogen-bond donors (Lipinski definition) is 0. The number of quaternary nitrogens is 1. The van der Waals surface area contributed by atoms with Crippen molar-refractivity contribution in [2.75, 3.05) is 39.4 Å². The molecule has 0 amide bonds. The fraction of sp³-hybridized carbons (Fsp3) is 0.280. The number of carboxylic acids is 1. The highest BCUT2D eigenvalue weighted by atomic mass is 35.5. The van der Waals surface area contributed by atoms with E-state index in [0.717, 1.165) is 67.5 Å². The molecule has 0 radical (unpaired) electrons. The Hall–Kier alpha value is -2.48. The maximum atomic E-state index is 11.6. The normalized spacial score (nSPS) is 19.8.